The van der Waals surface area contributed by atoms with Gasteiger partial charge in [-0.2, -0.15) is 5.10 Å². The fourth-order valence-corrected chi connectivity index (χ4v) is 1.94. The van der Waals surface area contributed by atoms with E-state index in [0.29, 0.717) is 5.71 Å². The van der Waals surface area contributed by atoms with Gasteiger partial charge in [-0.3, -0.25) is 25.3 Å². The number of nitrogens with zero attached hydrogens (tertiary/aromatic N) is 3. The Kier molecular flexibility index (Phi) is 5.95. The van der Waals surface area contributed by atoms with Crippen molar-refractivity contribution in [1.29, 1.82) is 0 Å². The zero-order valence-electron chi connectivity index (χ0n) is 13.0. The Labute approximate surface area is 138 Å². The molecule has 1 aromatic heterocycles. The number of benzene rings is 1. The van der Waals surface area contributed by atoms with Crippen LogP contribution in [0.2, 0.25) is 0 Å². The molecule has 0 aliphatic rings. The highest BCUT2D eigenvalue weighted by Gasteiger charge is 2.15. The highest BCUT2D eigenvalue weighted by molar-refractivity contribution is 6.09. The van der Waals surface area contributed by atoms with Crippen molar-refractivity contribution in [2.45, 2.75) is 13.3 Å². The Morgan fingerprint density at radius 3 is 2.75 bits per heavy atom. The maximum atomic E-state index is 11.8. The van der Waals surface area contributed by atoms with Gasteiger partial charge in [0.2, 0.25) is 0 Å². The SMILES string of the molecule is CCOC(=O)C/C(=N/Nc1ccncc1[N+](=O)[O-])c1ccccc1. The number of carbonyl (C=O) groups is 1. The molecule has 0 saturated heterocycles. The Hall–Kier alpha value is -3.29. The number of aromatic nitrogens is 1. The van der Waals surface area contributed by atoms with Crippen molar-refractivity contribution >= 4 is 23.1 Å². The molecule has 0 radical (unpaired) electrons. The summed E-state index contributed by atoms with van der Waals surface area (Å²) in [5, 5.41) is 15.2. The molecular formula is C16H16N4O4. The maximum absolute atomic E-state index is 11.8. The van der Waals surface area contributed by atoms with Crippen LogP contribution in [0.15, 0.2) is 53.9 Å². The van der Waals surface area contributed by atoms with Crippen molar-refractivity contribution in [2.75, 3.05) is 12.0 Å². The molecule has 0 aliphatic carbocycles. The standard InChI is InChI=1S/C16H16N4O4/c1-2-24-16(21)10-14(12-6-4-3-5-7-12)19-18-13-8-9-17-11-15(13)20(22)23/h3-9,11H,2,10H2,1H3,(H,17,18)/b19-14-. The number of hydrogen-bond acceptors (Lipinski definition) is 7. The molecule has 2 rings (SSSR count). The number of pyridine rings is 1. The average molecular weight is 328 g/mol. The number of anilines is 1. The molecule has 8 nitrogen and oxygen atoms in total. The predicted molar refractivity (Wildman–Crippen MR) is 88.7 cm³/mol. The minimum atomic E-state index is -0.557. The van der Waals surface area contributed by atoms with Gasteiger partial charge in [-0.1, -0.05) is 30.3 Å². The van der Waals surface area contributed by atoms with Crippen molar-refractivity contribution < 1.29 is 14.5 Å². The molecule has 0 bridgehead atoms. The topological polar surface area (TPSA) is 107 Å². The van der Waals surface area contributed by atoms with E-state index in [0.717, 1.165) is 11.8 Å². The molecule has 0 atom stereocenters. The molecule has 1 heterocycles. The second kappa shape index (κ2) is 8.37. The van der Waals surface area contributed by atoms with Crippen LogP contribution < -0.4 is 5.43 Å². The molecular weight excluding hydrogens is 312 g/mol. The molecule has 0 spiro atoms. The van der Waals surface area contributed by atoms with Crippen molar-refractivity contribution in [2.24, 2.45) is 5.10 Å². The van der Waals surface area contributed by atoms with E-state index < -0.39 is 10.9 Å². The zero-order valence-corrected chi connectivity index (χ0v) is 13.0. The Bertz CT molecular complexity index is 747. The minimum absolute atomic E-state index is 0.0519. The van der Waals surface area contributed by atoms with Crippen molar-refractivity contribution in [3.05, 3.63) is 64.5 Å². The summed E-state index contributed by atoms with van der Waals surface area (Å²) >= 11 is 0. The fourth-order valence-electron chi connectivity index (χ4n) is 1.94. The number of nitro groups is 1. The number of nitrogens with one attached hydrogen (secondary N) is 1. The second-order valence-electron chi connectivity index (χ2n) is 4.67. The summed E-state index contributed by atoms with van der Waals surface area (Å²) in [6, 6.07) is 10.5. The van der Waals surface area contributed by atoms with E-state index in [1.807, 2.05) is 18.2 Å². The van der Waals surface area contributed by atoms with E-state index in [9.17, 15) is 14.9 Å². The van der Waals surface area contributed by atoms with Crippen LogP contribution in [0.4, 0.5) is 11.4 Å². The van der Waals surface area contributed by atoms with Gasteiger partial charge in [0.25, 0.3) is 0 Å². The van der Waals surface area contributed by atoms with Crippen LogP contribution in [0.25, 0.3) is 0 Å². The van der Waals surface area contributed by atoms with Gasteiger partial charge in [0.05, 0.1) is 23.7 Å². The summed E-state index contributed by atoms with van der Waals surface area (Å²) < 4.78 is 4.94. The smallest absolute Gasteiger partial charge is 0.312 e. The third-order valence-electron chi connectivity index (χ3n) is 3.03. The van der Waals surface area contributed by atoms with Gasteiger partial charge in [0.1, 0.15) is 11.9 Å². The average Bonchev–Trinajstić information content (AvgIpc) is 2.59. The molecule has 1 N–H and O–H groups in total. The Balaban J connectivity index is 2.28. The van der Waals surface area contributed by atoms with Gasteiger partial charge >= 0.3 is 11.7 Å². The van der Waals surface area contributed by atoms with Crippen LogP contribution in [-0.4, -0.2) is 28.2 Å². The number of ether oxygens (including phenoxy) is 1. The van der Waals surface area contributed by atoms with E-state index in [1.165, 1.54) is 12.3 Å². The third-order valence-corrected chi connectivity index (χ3v) is 3.03. The van der Waals surface area contributed by atoms with Crippen LogP contribution in [0.1, 0.15) is 18.9 Å². The monoisotopic (exact) mass is 328 g/mol. The summed E-state index contributed by atoms with van der Waals surface area (Å²) in [6.07, 6.45) is 2.49. The van der Waals surface area contributed by atoms with Crippen molar-refractivity contribution in [3.63, 3.8) is 0 Å². The van der Waals surface area contributed by atoms with Crippen LogP contribution in [0.3, 0.4) is 0 Å². The molecule has 1 aromatic carbocycles. The van der Waals surface area contributed by atoms with E-state index in [1.54, 1.807) is 19.1 Å². The Morgan fingerprint density at radius 2 is 2.08 bits per heavy atom. The first-order chi connectivity index (χ1) is 11.6. The molecule has 2 aromatic rings. The van der Waals surface area contributed by atoms with Gasteiger partial charge < -0.3 is 4.74 Å². The third kappa shape index (κ3) is 4.60. The van der Waals surface area contributed by atoms with Crippen LogP contribution in [0, 0.1) is 10.1 Å². The van der Waals surface area contributed by atoms with E-state index in [2.05, 4.69) is 15.5 Å². The van der Waals surface area contributed by atoms with Gasteiger partial charge in [-0.25, -0.2) is 0 Å². The highest BCUT2D eigenvalue weighted by Crippen LogP contribution is 2.22. The number of carbonyl (C=O) groups excluding carboxylic acids is 1. The molecule has 124 valence electrons. The maximum Gasteiger partial charge on any atom is 0.312 e. The molecule has 0 saturated carbocycles. The normalized spacial score (nSPS) is 11.0. The number of hydrazone groups is 1. The highest BCUT2D eigenvalue weighted by atomic mass is 16.6. The zero-order chi connectivity index (χ0) is 17.4. The van der Waals surface area contributed by atoms with Crippen LogP contribution >= 0.6 is 0 Å². The molecule has 24 heavy (non-hydrogen) atoms. The lowest BCUT2D eigenvalue weighted by atomic mass is 10.1. The van der Waals surface area contributed by atoms with Crippen LogP contribution in [-0.2, 0) is 9.53 Å². The molecule has 0 amide bonds. The summed E-state index contributed by atoms with van der Waals surface area (Å²) in [5.74, 6) is -0.425. The van der Waals surface area contributed by atoms with Gasteiger partial charge in [0, 0.05) is 6.20 Å². The quantitative estimate of drug-likeness (QED) is 0.362. The number of esters is 1. The Morgan fingerprint density at radius 1 is 1.33 bits per heavy atom. The lowest BCUT2D eigenvalue weighted by Crippen LogP contribution is -2.14. The first kappa shape index (κ1) is 17.1. The van der Waals surface area contributed by atoms with Crippen molar-refractivity contribution in [3.8, 4) is 0 Å². The largest absolute Gasteiger partial charge is 0.466 e. The van der Waals surface area contributed by atoms with E-state index in [-0.39, 0.29) is 24.4 Å². The molecule has 0 fully saturated rings. The lowest BCUT2D eigenvalue weighted by Gasteiger charge is -2.08. The summed E-state index contributed by atoms with van der Waals surface area (Å²) in [5.41, 5.74) is 3.76. The number of hydrogen-bond donors (Lipinski definition) is 1. The van der Waals surface area contributed by atoms with Gasteiger partial charge in [0.15, 0.2) is 0 Å². The molecule has 0 unspecified atom stereocenters. The van der Waals surface area contributed by atoms with Gasteiger partial charge in [-0.15, -0.1) is 0 Å². The fraction of sp³-hybridized carbons (Fsp3) is 0.188. The van der Waals surface area contributed by atoms with E-state index in [4.69, 9.17) is 4.74 Å². The first-order valence-corrected chi connectivity index (χ1v) is 7.23. The van der Waals surface area contributed by atoms with E-state index >= 15 is 0 Å². The van der Waals surface area contributed by atoms with Gasteiger partial charge in [-0.05, 0) is 18.6 Å². The second-order valence-corrected chi connectivity index (χ2v) is 4.67. The van der Waals surface area contributed by atoms with Crippen molar-refractivity contribution in [1.82, 2.24) is 4.98 Å². The number of rotatable bonds is 7. The predicted octanol–water partition coefficient (Wildman–Crippen LogP) is 2.76. The molecule has 8 heteroatoms. The lowest BCUT2D eigenvalue weighted by molar-refractivity contribution is -0.384. The minimum Gasteiger partial charge on any atom is -0.466 e. The van der Waals surface area contributed by atoms with Crippen LogP contribution in [0.5, 0.6) is 0 Å². The molecule has 0 aliphatic heterocycles. The summed E-state index contributed by atoms with van der Waals surface area (Å²) in [6.45, 7) is 1.99. The summed E-state index contributed by atoms with van der Waals surface area (Å²) in [4.78, 5) is 25.9. The summed E-state index contributed by atoms with van der Waals surface area (Å²) in [7, 11) is 0. The first-order valence-electron chi connectivity index (χ1n) is 7.23.